The molecule has 0 aromatic heterocycles. The summed E-state index contributed by atoms with van der Waals surface area (Å²) in [7, 11) is 0. The average Bonchev–Trinajstić information content (AvgIpc) is 2.65. The van der Waals surface area contributed by atoms with E-state index < -0.39 is 0 Å². The predicted octanol–water partition coefficient (Wildman–Crippen LogP) is 1.45. The summed E-state index contributed by atoms with van der Waals surface area (Å²) >= 11 is 0. The highest BCUT2D eigenvalue weighted by molar-refractivity contribution is 5.80. The summed E-state index contributed by atoms with van der Waals surface area (Å²) in [5.74, 6) is 0.505. The second-order valence-electron chi connectivity index (χ2n) is 6.15. The summed E-state index contributed by atoms with van der Waals surface area (Å²) in [5, 5.41) is 6.51. The number of nitrogens with one attached hydrogen (secondary N) is 2. The maximum atomic E-state index is 11.8. The molecule has 2 N–H and O–H groups in total. The van der Waals surface area contributed by atoms with Crippen LogP contribution < -0.4 is 10.6 Å². The second-order valence-corrected chi connectivity index (χ2v) is 6.15. The van der Waals surface area contributed by atoms with Crippen molar-refractivity contribution in [2.24, 2.45) is 5.92 Å². The number of amides is 1. The first kappa shape index (κ1) is 13.8. The lowest BCUT2D eigenvalue weighted by atomic mass is 10.0. The van der Waals surface area contributed by atoms with Gasteiger partial charge in [-0.1, -0.05) is 13.8 Å². The highest BCUT2D eigenvalue weighted by Crippen LogP contribution is 2.29. The van der Waals surface area contributed by atoms with Gasteiger partial charge in [0.15, 0.2) is 0 Å². The molecular formula is C14H26N2O2. The van der Waals surface area contributed by atoms with Crippen molar-refractivity contribution < 1.29 is 9.53 Å². The molecule has 2 aliphatic rings. The topological polar surface area (TPSA) is 50.4 Å². The number of carbonyl (C=O) groups excluding carboxylic acids is 1. The zero-order chi connectivity index (χ0) is 13.1. The van der Waals surface area contributed by atoms with E-state index in [9.17, 15) is 4.79 Å². The monoisotopic (exact) mass is 254 g/mol. The van der Waals surface area contributed by atoms with Gasteiger partial charge in [-0.3, -0.25) is 4.79 Å². The molecule has 0 spiro atoms. The first-order chi connectivity index (χ1) is 8.54. The third-order valence-electron chi connectivity index (χ3n) is 3.88. The van der Waals surface area contributed by atoms with Gasteiger partial charge in [0.25, 0.3) is 0 Å². The highest BCUT2D eigenvalue weighted by atomic mass is 16.5. The molecule has 2 fully saturated rings. The summed E-state index contributed by atoms with van der Waals surface area (Å²) in [4.78, 5) is 11.8. The van der Waals surface area contributed by atoms with Crippen molar-refractivity contribution in [1.82, 2.24) is 10.6 Å². The Balaban J connectivity index is 1.73. The van der Waals surface area contributed by atoms with Gasteiger partial charge in [-0.2, -0.15) is 0 Å². The van der Waals surface area contributed by atoms with Gasteiger partial charge in [0.1, 0.15) is 6.10 Å². The maximum absolute atomic E-state index is 11.8. The molecule has 1 amide bonds. The third-order valence-corrected chi connectivity index (χ3v) is 3.88. The van der Waals surface area contributed by atoms with Gasteiger partial charge in [0.2, 0.25) is 5.91 Å². The van der Waals surface area contributed by atoms with Crippen LogP contribution in [0, 0.1) is 5.92 Å². The van der Waals surface area contributed by atoms with Crippen LogP contribution in [0.15, 0.2) is 0 Å². The Labute approximate surface area is 110 Å². The van der Waals surface area contributed by atoms with Gasteiger partial charge in [-0.05, 0) is 38.5 Å². The molecule has 2 saturated heterocycles. The number of hydrogen-bond acceptors (Lipinski definition) is 3. The van der Waals surface area contributed by atoms with Crippen LogP contribution in [0.25, 0.3) is 0 Å². The summed E-state index contributed by atoms with van der Waals surface area (Å²) in [6.07, 6.45) is 4.56. The zero-order valence-electron chi connectivity index (χ0n) is 11.7. The van der Waals surface area contributed by atoms with Crippen molar-refractivity contribution in [3.8, 4) is 0 Å². The molecule has 4 heteroatoms. The van der Waals surface area contributed by atoms with Crippen LogP contribution >= 0.6 is 0 Å². The summed E-state index contributed by atoms with van der Waals surface area (Å²) < 4.78 is 5.91. The van der Waals surface area contributed by atoms with E-state index in [1.165, 1.54) is 12.8 Å². The molecule has 2 bridgehead atoms. The van der Waals surface area contributed by atoms with Crippen LogP contribution in [0.3, 0.4) is 0 Å². The van der Waals surface area contributed by atoms with E-state index in [4.69, 9.17) is 4.74 Å². The van der Waals surface area contributed by atoms with Crippen molar-refractivity contribution in [2.45, 2.75) is 70.7 Å². The van der Waals surface area contributed by atoms with Crippen molar-refractivity contribution in [3.63, 3.8) is 0 Å². The molecule has 2 heterocycles. The van der Waals surface area contributed by atoms with Gasteiger partial charge in [0, 0.05) is 18.6 Å². The molecule has 2 rings (SSSR count). The first-order valence-corrected chi connectivity index (χ1v) is 7.23. The van der Waals surface area contributed by atoms with Gasteiger partial charge < -0.3 is 15.4 Å². The normalized spacial score (nSPS) is 32.6. The summed E-state index contributed by atoms with van der Waals surface area (Å²) in [6.45, 7) is 6.77. The van der Waals surface area contributed by atoms with Gasteiger partial charge in [-0.25, -0.2) is 0 Å². The number of fused-ring (bicyclic) bond motifs is 2. The largest absolute Gasteiger partial charge is 0.365 e. The summed E-state index contributed by atoms with van der Waals surface area (Å²) in [5.41, 5.74) is 0. The zero-order valence-corrected chi connectivity index (χ0v) is 11.7. The molecule has 3 atom stereocenters. The molecule has 18 heavy (non-hydrogen) atoms. The average molecular weight is 254 g/mol. The van der Waals surface area contributed by atoms with E-state index in [1.54, 1.807) is 0 Å². The lowest BCUT2D eigenvalue weighted by Crippen LogP contribution is -2.45. The minimum atomic E-state index is -0.328. The van der Waals surface area contributed by atoms with Crippen molar-refractivity contribution in [1.29, 1.82) is 0 Å². The molecule has 0 radical (unpaired) electrons. The van der Waals surface area contributed by atoms with E-state index >= 15 is 0 Å². The number of ether oxygens (including phenoxy) is 1. The molecule has 0 aromatic rings. The van der Waals surface area contributed by atoms with Crippen LogP contribution in [-0.4, -0.2) is 36.7 Å². The Hall–Kier alpha value is -0.610. The highest BCUT2D eigenvalue weighted by Gasteiger charge is 2.35. The SMILES string of the molecule is CC(C)CNC(=O)C(C)OC1CC2CCC(C1)N2. The fourth-order valence-corrected chi connectivity index (χ4v) is 2.92. The van der Waals surface area contributed by atoms with Gasteiger partial charge in [0.05, 0.1) is 6.10 Å². The van der Waals surface area contributed by atoms with Crippen LogP contribution in [-0.2, 0) is 9.53 Å². The fourth-order valence-electron chi connectivity index (χ4n) is 2.92. The molecule has 0 saturated carbocycles. The second kappa shape index (κ2) is 6.02. The van der Waals surface area contributed by atoms with E-state index in [1.807, 2.05) is 6.92 Å². The van der Waals surface area contributed by atoms with E-state index in [0.717, 1.165) is 19.4 Å². The minimum absolute atomic E-state index is 0.0228. The fraction of sp³-hybridized carbons (Fsp3) is 0.929. The van der Waals surface area contributed by atoms with E-state index in [0.29, 0.717) is 18.0 Å². The summed E-state index contributed by atoms with van der Waals surface area (Å²) in [6, 6.07) is 1.22. The van der Waals surface area contributed by atoms with Gasteiger partial charge in [-0.15, -0.1) is 0 Å². The molecular weight excluding hydrogens is 228 g/mol. The number of piperidine rings is 1. The first-order valence-electron chi connectivity index (χ1n) is 7.23. The number of rotatable bonds is 5. The Kier molecular flexibility index (Phi) is 4.62. The smallest absolute Gasteiger partial charge is 0.248 e. The van der Waals surface area contributed by atoms with Gasteiger partial charge >= 0.3 is 0 Å². The Morgan fingerprint density at radius 2 is 1.89 bits per heavy atom. The van der Waals surface area contributed by atoms with Crippen molar-refractivity contribution in [2.75, 3.05) is 6.54 Å². The van der Waals surface area contributed by atoms with Crippen LogP contribution in [0.2, 0.25) is 0 Å². The number of carbonyl (C=O) groups is 1. The minimum Gasteiger partial charge on any atom is -0.365 e. The Bertz CT molecular complexity index is 282. The quantitative estimate of drug-likeness (QED) is 0.780. The Morgan fingerprint density at radius 1 is 1.28 bits per heavy atom. The standard InChI is InChI=1S/C14H26N2O2/c1-9(2)8-15-14(17)10(3)18-13-6-11-4-5-12(7-13)16-11/h9-13,16H,4-8H2,1-3H3,(H,15,17). The Morgan fingerprint density at radius 3 is 2.44 bits per heavy atom. The molecule has 0 aliphatic carbocycles. The molecule has 4 nitrogen and oxygen atoms in total. The third kappa shape index (κ3) is 3.69. The van der Waals surface area contributed by atoms with Crippen LogP contribution in [0.1, 0.15) is 46.5 Å². The predicted molar refractivity (Wildman–Crippen MR) is 71.4 cm³/mol. The molecule has 0 aromatic carbocycles. The maximum Gasteiger partial charge on any atom is 0.248 e. The van der Waals surface area contributed by atoms with E-state index in [2.05, 4.69) is 24.5 Å². The lowest BCUT2D eigenvalue weighted by Gasteiger charge is -2.30. The molecule has 2 aliphatic heterocycles. The van der Waals surface area contributed by atoms with Crippen molar-refractivity contribution >= 4 is 5.91 Å². The molecule has 104 valence electrons. The van der Waals surface area contributed by atoms with Crippen molar-refractivity contribution in [3.05, 3.63) is 0 Å². The van der Waals surface area contributed by atoms with Crippen LogP contribution in [0.4, 0.5) is 0 Å². The van der Waals surface area contributed by atoms with E-state index in [-0.39, 0.29) is 18.1 Å². The lowest BCUT2D eigenvalue weighted by molar-refractivity contribution is -0.137. The van der Waals surface area contributed by atoms with Crippen LogP contribution in [0.5, 0.6) is 0 Å². The molecule has 3 unspecified atom stereocenters. The number of hydrogen-bond donors (Lipinski definition) is 2.